The van der Waals surface area contributed by atoms with Gasteiger partial charge in [0.2, 0.25) is 0 Å². The van der Waals surface area contributed by atoms with Crippen LogP contribution in [0.2, 0.25) is 0 Å². The van der Waals surface area contributed by atoms with Crippen LogP contribution in [0.1, 0.15) is 43.1 Å². The van der Waals surface area contributed by atoms with Gasteiger partial charge in [-0.3, -0.25) is 4.79 Å². The van der Waals surface area contributed by atoms with Crippen molar-refractivity contribution < 1.29 is 9.53 Å². The largest absolute Gasteiger partial charge is 0.380 e. The fourth-order valence-corrected chi connectivity index (χ4v) is 2.19. The first-order valence-electron chi connectivity index (χ1n) is 9.34. The fraction of sp³-hybridized carbons (Fsp3) is 0.600. The maximum atomic E-state index is 11.9. The zero-order valence-electron chi connectivity index (χ0n) is 16.8. The predicted octanol–water partition coefficient (Wildman–Crippen LogP) is 2.51. The number of rotatable bonds is 10. The number of guanidine groups is 1. The normalized spacial score (nSPS) is 11.5. The molecule has 2 N–H and O–H groups in total. The van der Waals surface area contributed by atoms with Crippen molar-refractivity contribution in [2.75, 3.05) is 40.4 Å². The topological polar surface area (TPSA) is 66.0 Å². The van der Waals surface area contributed by atoms with Crippen LogP contribution < -0.4 is 10.6 Å². The molecule has 6 nitrogen and oxygen atoms in total. The molecule has 0 unspecified atom stereocenters. The van der Waals surface area contributed by atoms with Crippen LogP contribution in [0.4, 0.5) is 0 Å². The highest BCUT2D eigenvalue weighted by Gasteiger charge is 2.07. The number of amides is 1. The second kappa shape index (κ2) is 12.3. The van der Waals surface area contributed by atoms with Gasteiger partial charge in [0.15, 0.2) is 5.96 Å². The van der Waals surface area contributed by atoms with E-state index in [0.717, 1.165) is 37.6 Å². The molecule has 0 radical (unpaired) electrons. The van der Waals surface area contributed by atoms with Gasteiger partial charge in [0, 0.05) is 39.4 Å². The Morgan fingerprint density at radius 3 is 2.42 bits per heavy atom. The molecule has 0 aliphatic carbocycles. The van der Waals surface area contributed by atoms with Crippen LogP contribution in [0.25, 0.3) is 0 Å². The van der Waals surface area contributed by atoms with E-state index in [9.17, 15) is 4.79 Å². The molecule has 1 rings (SSSR count). The lowest BCUT2D eigenvalue weighted by atomic mass is 10.1. The number of carbonyl (C=O) groups excluding carboxylic acids is 1. The van der Waals surface area contributed by atoms with Crippen LogP contribution >= 0.6 is 0 Å². The summed E-state index contributed by atoms with van der Waals surface area (Å²) >= 11 is 0. The number of ether oxygens (including phenoxy) is 1. The first-order chi connectivity index (χ1) is 12.4. The zero-order valence-corrected chi connectivity index (χ0v) is 16.8. The van der Waals surface area contributed by atoms with Gasteiger partial charge >= 0.3 is 0 Å². The summed E-state index contributed by atoms with van der Waals surface area (Å²) in [6.07, 6.45) is 1.08. The van der Waals surface area contributed by atoms with Gasteiger partial charge in [0.05, 0.1) is 13.2 Å². The molecular weight excluding hydrogens is 328 g/mol. The van der Waals surface area contributed by atoms with Crippen LogP contribution in [0.15, 0.2) is 29.3 Å². The summed E-state index contributed by atoms with van der Waals surface area (Å²) in [5.41, 5.74) is 1.75. The van der Waals surface area contributed by atoms with E-state index in [4.69, 9.17) is 4.74 Å². The van der Waals surface area contributed by atoms with Gasteiger partial charge < -0.3 is 20.3 Å². The lowest BCUT2D eigenvalue weighted by Crippen LogP contribution is -2.39. The summed E-state index contributed by atoms with van der Waals surface area (Å²) in [6.45, 7) is 9.97. The number of nitrogens with zero attached hydrogens (tertiary/aromatic N) is 2. The quantitative estimate of drug-likeness (QED) is 0.381. The smallest absolute Gasteiger partial charge is 0.253 e. The molecule has 6 heteroatoms. The molecule has 1 aromatic carbocycles. The summed E-state index contributed by atoms with van der Waals surface area (Å²) in [6, 6.07) is 7.57. The summed E-state index contributed by atoms with van der Waals surface area (Å²) in [5.74, 6) is 1.45. The highest BCUT2D eigenvalue weighted by atomic mass is 16.5. The number of nitrogens with one attached hydrogen (secondary N) is 2. The standard InChI is InChI=1S/C20H34N4O2/c1-6-21-20(22-12-14-26-13-11-16(2)3)23-15-17-7-9-18(10-8-17)19(25)24(4)5/h7-10,16H,6,11-15H2,1-5H3,(H2,21,22,23). The Morgan fingerprint density at radius 1 is 1.15 bits per heavy atom. The predicted molar refractivity (Wildman–Crippen MR) is 108 cm³/mol. The number of aliphatic imine (C=N–C) groups is 1. The minimum atomic E-state index is 0.00697. The maximum Gasteiger partial charge on any atom is 0.253 e. The fourth-order valence-electron chi connectivity index (χ4n) is 2.19. The lowest BCUT2D eigenvalue weighted by molar-refractivity contribution is 0.0827. The minimum absolute atomic E-state index is 0.00697. The molecule has 0 bridgehead atoms. The Balaban J connectivity index is 2.46. The van der Waals surface area contributed by atoms with Gasteiger partial charge in [-0.15, -0.1) is 0 Å². The Morgan fingerprint density at radius 2 is 1.85 bits per heavy atom. The van der Waals surface area contributed by atoms with Crippen molar-refractivity contribution in [1.29, 1.82) is 0 Å². The van der Waals surface area contributed by atoms with Crippen molar-refractivity contribution >= 4 is 11.9 Å². The summed E-state index contributed by atoms with van der Waals surface area (Å²) in [4.78, 5) is 18.1. The van der Waals surface area contributed by atoms with Crippen LogP contribution in [-0.2, 0) is 11.3 Å². The molecule has 0 fully saturated rings. The van der Waals surface area contributed by atoms with Gasteiger partial charge in [-0.2, -0.15) is 0 Å². The highest BCUT2D eigenvalue weighted by molar-refractivity contribution is 5.93. The molecule has 0 aliphatic heterocycles. The van der Waals surface area contributed by atoms with E-state index < -0.39 is 0 Å². The SMILES string of the molecule is CCNC(=NCc1ccc(C(=O)N(C)C)cc1)NCCOCCC(C)C. The summed E-state index contributed by atoms with van der Waals surface area (Å²) < 4.78 is 5.61. The summed E-state index contributed by atoms with van der Waals surface area (Å²) in [7, 11) is 3.50. The van der Waals surface area contributed by atoms with Crippen molar-refractivity contribution in [2.24, 2.45) is 10.9 Å². The third-order valence-electron chi connectivity index (χ3n) is 3.75. The van der Waals surface area contributed by atoms with Crippen LogP contribution in [-0.4, -0.2) is 57.2 Å². The van der Waals surface area contributed by atoms with Gasteiger partial charge in [-0.25, -0.2) is 4.99 Å². The van der Waals surface area contributed by atoms with E-state index in [-0.39, 0.29) is 5.91 Å². The molecule has 0 saturated carbocycles. The first kappa shape index (κ1) is 22.0. The van der Waals surface area contributed by atoms with Gasteiger partial charge in [-0.1, -0.05) is 26.0 Å². The van der Waals surface area contributed by atoms with Crippen molar-refractivity contribution in [3.8, 4) is 0 Å². The monoisotopic (exact) mass is 362 g/mol. The van der Waals surface area contributed by atoms with Crippen molar-refractivity contribution in [3.63, 3.8) is 0 Å². The Bertz CT molecular complexity index is 553. The third-order valence-corrected chi connectivity index (χ3v) is 3.75. The molecule has 1 amide bonds. The molecule has 1 aromatic rings. The molecule has 0 aliphatic rings. The number of carbonyl (C=O) groups is 1. The molecule has 146 valence electrons. The number of hydrogen-bond donors (Lipinski definition) is 2. The second-order valence-corrected chi connectivity index (χ2v) is 6.81. The number of hydrogen-bond acceptors (Lipinski definition) is 3. The van der Waals surface area contributed by atoms with E-state index in [1.165, 1.54) is 0 Å². The Hall–Kier alpha value is -2.08. The van der Waals surface area contributed by atoms with E-state index in [1.54, 1.807) is 19.0 Å². The first-order valence-corrected chi connectivity index (χ1v) is 9.34. The van der Waals surface area contributed by atoms with Crippen LogP contribution in [0.5, 0.6) is 0 Å². The molecule has 0 saturated heterocycles. The van der Waals surface area contributed by atoms with E-state index >= 15 is 0 Å². The van der Waals surface area contributed by atoms with Crippen molar-refractivity contribution in [2.45, 2.75) is 33.7 Å². The zero-order chi connectivity index (χ0) is 19.4. The van der Waals surface area contributed by atoms with Gasteiger partial charge in [-0.05, 0) is 37.0 Å². The van der Waals surface area contributed by atoms with Crippen LogP contribution in [0.3, 0.4) is 0 Å². The maximum absolute atomic E-state index is 11.9. The van der Waals surface area contributed by atoms with Gasteiger partial charge in [0.1, 0.15) is 0 Å². The van der Waals surface area contributed by atoms with E-state index in [0.29, 0.717) is 24.6 Å². The number of benzene rings is 1. The average molecular weight is 363 g/mol. The lowest BCUT2D eigenvalue weighted by Gasteiger charge is -2.12. The third kappa shape index (κ3) is 8.85. The summed E-state index contributed by atoms with van der Waals surface area (Å²) in [5, 5.41) is 6.51. The Kier molecular flexibility index (Phi) is 10.4. The minimum Gasteiger partial charge on any atom is -0.380 e. The van der Waals surface area contributed by atoms with Crippen molar-refractivity contribution in [3.05, 3.63) is 35.4 Å². The van der Waals surface area contributed by atoms with E-state index in [1.807, 2.05) is 31.2 Å². The second-order valence-electron chi connectivity index (χ2n) is 6.81. The highest BCUT2D eigenvalue weighted by Crippen LogP contribution is 2.07. The van der Waals surface area contributed by atoms with Gasteiger partial charge in [0.25, 0.3) is 5.91 Å². The molecule has 0 aromatic heterocycles. The molecule has 0 atom stereocenters. The molecule has 0 spiro atoms. The van der Waals surface area contributed by atoms with Crippen LogP contribution in [0, 0.1) is 5.92 Å². The average Bonchev–Trinajstić information content (AvgIpc) is 2.61. The molecular formula is C20H34N4O2. The molecule has 26 heavy (non-hydrogen) atoms. The van der Waals surface area contributed by atoms with Crippen molar-refractivity contribution in [1.82, 2.24) is 15.5 Å². The molecule has 0 heterocycles. The van der Waals surface area contributed by atoms with E-state index in [2.05, 4.69) is 29.5 Å². The Labute approximate surface area is 158 Å².